The first-order valence-electron chi connectivity index (χ1n) is 8.88. The molecule has 0 amide bonds. The molecule has 120 valence electrons. The number of anilines is 1. The average molecular weight is 322 g/mol. The molecule has 0 unspecified atom stereocenters. The molecule has 0 radical (unpaired) electrons. The van der Waals surface area contributed by atoms with E-state index in [4.69, 9.17) is 5.73 Å². The van der Waals surface area contributed by atoms with Crippen molar-refractivity contribution >= 4 is 32.2 Å². The van der Waals surface area contributed by atoms with Crippen molar-refractivity contribution in [1.82, 2.24) is 0 Å². The molecule has 0 spiro atoms. The Morgan fingerprint density at radius 3 is 1.14 bits per heavy atom. The van der Waals surface area contributed by atoms with Gasteiger partial charge in [-0.15, -0.1) is 0 Å². The Kier molecular flexibility index (Phi) is 6.73. The highest BCUT2D eigenvalue weighted by molar-refractivity contribution is 6.94. The van der Waals surface area contributed by atoms with Crippen molar-refractivity contribution in [2.24, 2.45) is 0 Å². The molecule has 0 atom stereocenters. The molecule has 1 nitrogen and oxygen atoms in total. The second-order valence-electron chi connectivity index (χ2n) is 6.53. The minimum Gasteiger partial charge on any atom is -0.399 e. The number of hydrogen-bond donors (Lipinski definition) is 1. The molecule has 0 aliphatic heterocycles. The molecule has 0 aromatic heterocycles. The summed E-state index contributed by atoms with van der Waals surface area (Å²) in [5.41, 5.74) is 7.33. The molecule has 0 heterocycles. The summed E-state index contributed by atoms with van der Waals surface area (Å²) in [4.78, 5) is 0. The third-order valence-corrected chi connectivity index (χ3v) is 17.4. The first-order valence-corrected chi connectivity index (χ1v) is 14.1. The molecular formula is C18H35NSi2. The van der Waals surface area contributed by atoms with E-state index in [0.29, 0.717) is 0 Å². The van der Waals surface area contributed by atoms with Crippen LogP contribution in [0.4, 0.5) is 5.69 Å². The van der Waals surface area contributed by atoms with Crippen LogP contribution in [0.2, 0.25) is 36.3 Å². The summed E-state index contributed by atoms with van der Waals surface area (Å²) in [7, 11) is -2.66. The first kappa shape index (κ1) is 18.5. The van der Waals surface area contributed by atoms with Gasteiger partial charge in [0.15, 0.2) is 0 Å². The van der Waals surface area contributed by atoms with Crippen LogP contribution in [0.1, 0.15) is 41.5 Å². The van der Waals surface area contributed by atoms with E-state index in [0.717, 1.165) is 5.69 Å². The Hall–Kier alpha value is -0.546. The number of nitrogen functional groups attached to an aromatic ring is 1. The molecule has 0 saturated heterocycles. The summed E-state index contributed by atoms with van der Waals surface area (Å²) in [6.45, 7) is 14.3. The fraction of sp³-hybridized carbons (Fsp3) is 0.667. The molecule has 0 saturated carbocycles. The SMILES string of the molecule is CC[Si](CC)(CC)c1cc(N)cc([Si](CC)(CC)CC)c1. The van der Waals surface area contributed by atoms with Crippen LogP contribution in [-0.2, 0) is 0 Å². The zero-order valence-corrected chi connectivity index (χ0v) is 17.1. The number of rotatable bonds is 8. The van der Waals surface area contributed by atoms with Crippen LogP contribution in [0.15, 0.2) is 18.2 Å². The van der Waals surface area contributed by atoms with Gasteiger partial charge in [-0.2, -0.15) is 0 Å². The van der Waals surface area contributed by atoms with Gasteiger partial charge in [-0.25, -0.2) is 0 Å². The van der Waals surface area contributed by atoms with Gasteiger partial charge in [-0.3, -0.25) is 0 Å². The standard InChI is InChI=1S/C18H35NSi2/c1-7-20(8-2,9-3)17-13-16(19)14-18(15-17)21(10-4,11-5)12-6/h13-15H,7-12,19H2,1-6H3. The lowest BCUT2D eigenvalue weighted by Gasteiger charge is -2.33. The van der Waals surface area contributed by atoms with E-state index < -0.39 is 16.1 Å². The molecule has 0 aliphatic carbocycles. The van der Waals surface area contributed by atoms with Crippen molar-refractivity contribution in [2.75, 3.05) is 5.73 Å². The van der Waals surface area contributed by atoms with E-state index >= 15 is 0 Å². The Balaban J connectivity index is 3.46. The zero-order valence-electron chi connectivity index (χ0n) is 15.1. The summed E-state index contributed by atoms with van der Waals surface area (Å²) in [5, 5.41) is 3.24. The van der Waals surface area contributed by atoms with Crippen LogP contribution >= 0.6 is 0 Å². The maximum Gasteiger partial charge on any atom is 0.0860 e. The average Bonchev–Trinajstić information content (AvgIpc) is 2.52. The minimum absolute atomic E-state index is 1.00. The molecule has 0 aliphatic rings. The zero-order chi connectivity index (χ0) is 16.1. The third kappa shape index (κ3) is 3.45. The van der Waals surface area contributed by atoms with Crippen molar-refractivity contribution in [3.8, 4) is 0 Å². The van der Waals surface area contributed by atoms with Crippen LogP contribution in [-0.4, -0.2) is 16.1 Å². The molecule has 0 bridgehead atoms. The van der Waals surface area contributed by atoms with Crippen molar-refractivity contribution in [3.05, 3.63) is 18.2 Å². The van der Waals surface area contributed by atoms with Gasteiger partial charge in [0.25, 0.3) is 0 Å². The highest BCUT2D eigenvalue weighted by Crippen LogP contribution is 2.24. The van der Waals surface area contributed by atoms with Gasteiger partial charge in [0.1, 0.15) is 0 Å². The van der Waals surface area contributed by atoms with Gasteiger partial charge < -0.3 is 5.73 Å². The highest BCUT2D eigenvalue weighted by atomic mass is 28.3. The summed E-state index contributed by atoms with van der Waals surface area (Å²) in [5.74, 6) is 0. The van der Waals surface area contributed by atoms with Crippen molar-refractivity contribution < 1.29 is 0 Å². The van der Waals surface area contributed by atoms with Crippen LogP contribution in [0, 0.1) is 0 Å². The number of hydrogen-bond acceptors (Lipinski definition) is 1. The second-order valence-corrected chi connectivity index (χ2v) is 17.0. The molecule has 0 fully saturated rings. The number of nitrogens with two attached hydrogens (primary N) is 1. The van der Waals surface area contributed by atoms with E-state index in [1.54, 1.807) is 10.4 Å². The quantitative estimate of drug-likeness (QED) is 0.545. The summed E-state index contributed by atoms with van der Waals surface area (Å²) in [6.07, 6.45) is 0. The Labute approximate surface area is 134 Å². The highest BCUT2D eigenvalue weighted by Gasteiger charge is 2.33. The Morgan fingerprint density at radius 2 is 0.905 bits per heavy atom. The second kappa shape index (κ2) is 7.64. The van der Waals surface area contributed by atoms with Gasteiger partial charge in [0.2, 0.25) is 0 Å². The fourth-order valence-corrected chi connectivity index (χ4v) is 11.5. The third-order valence-electron chi connectivity index (χ3n) is 6.24. The van der Waals surface area contributed by atoms with Crippen molar-refractivity contribution in [1.29, 1.82) is 0 Å². The van der Waals surface area contributed by atoms with Gasteiger partial charge in [-0.1, -0.05) is 94.2 Å². The van der Waals surface area contributed by atoms with Gasteiger partial charge in [0, 0.05) is 5.69 Å². The van der Waals surface area contributed by atoms with Crippen LogP contribution in [0.3, 0.4) is 0 Å². The first-order chi connectivity index (χ1) is 9.97. The number of benzene rings is 1. The van der Waals surface area contributed by atoms with E-state index in [2.05, 4.69) is 59.7 Å². The van der Waals surface area contributed by atoms with E-state index in [1.807, 2.05) is 0 Å². The predicted molar refractivity (Wildman–Crippen MR) is 105 cm³/mol. The summed E-state index contributed by atoms with van der Waals surface area (Å²) >= 11 is 0. The van der Waals surface area contributed by atoms with Crippen LogP contribution < -0.4 is 16.1 Å². The molecule has 1 aromatic rings. The predicted octanol–water partition coefficient (Wildman–Crippen LogP) is 4.70. The molecule has 2 N–H and O–H groups in total. The van der Waals surface area contributed by atoms with Gasteiger partial charge in [0.05, 0.1) is 16.1 Å². The largest absolute Gasteiger partial charge is 0.399 e. The smallest absolute Gasteiger partial charge is 0.0860 e. The van der Waals surface area contributed by atoms with E-state index in [9.17, 15) is 0 Å². The lowest BCUT2D eigenvalue weighted by Crippen LogP contribution is -2.52. The summed E-state index contributed by atoms with van der Waals surface area (Å²) < 4.78 is 0. The van der Waals surface area contributed by atoms with Crippen molar-refractivity contribution in [2.45, 2.75) is 77.8 Å². The fourth-order valence-electron chi connectivity index (χ4n) is 3.99. The maximum atomic E-state index is 6.33. The lowest BCUT2D eigenvalue weighted by molar-refractivity contribution is 1.19. The van der Waals surface area contributed by atoms with Gasteiger partial charge >= 0.3 is 0 Å². The lowest BCUT2D eigenvalue weighted by atomic mass is 10.3. The van der Waals surface area contributed by atoms with Crippen LogP contribution in [0.5, 0.6) is 0 Å². The Bertz CT molecular complexity index is 394. The maximum absolute atomic E-state index is 6.33. The molecule has 1 aromatic carbocycles. The van der Waals surface area contributed by atoms with E-state index in [1.165, 1.54) is 36.3 Å². The van der Waals surface area contributed by atoms with Gasteiger partial charge in [-0.05, 0) is 12.1 Å². The molecule has 21 heavy (non-hydrogen) atoms. The topological polar surface area (TPSA) is 26.0 Å². The monoisotopic (exact) mass is 321 g/mol. The molecule has 1 rings (SSSR count). The molecule has 3 heteroatoms. The van der Waals surface area contributed by atoms with Crippen LogP contribution in [0.25, 0.3) is 0 Å². The van der Waals surface area contributed by atoms with E-state index in [-0.39, 0.29) is 0 Å². The summed E-state index contributed by atoms with van der Waals surface area (Å²) in [6, 6.07) is 15.2. The van der Waals surface area contributed by atoms with Crippen molar-refractivity contribution in [3.63, 3.8) is 0 Å². The minimum atomic E-state index is -1.33. The normalized spacial score (nSPS) is 12.7. The molecular weight excluding hydrogens is 286 g/mol. The Morgan fingerprint density at radius 1 is 0.619 bits per heavy atom.